The molecule has 2 N–H and O–H groups in total. The van der Waals surface area contributed by atoms with E-state index in [9.17, 15) is 18.4 Å². The molecule has 30 heavy (non-hydrogen) atoms. The number of nitrogens with one attached hydrogen (secondary N) is 2. The smallest absolute Gasteiger partial charge is 0.262 e. The van der Waals surface area contributed by atoms with Gasteiger partial charge in [0.15, 0.2) is 18.2 Å². The minimum absolute atomic E-state index is 0.122. The Kier molecular flexibility index (Phi) is 6.59. The number of halogens is 2. The highest BCUT2D eigenvalue weighted by molar-refractivity contribution is 6.06. The molecule has 2 amide bonds. The Hall–Kier alpha value is -3.94. The number of ether oxygens (including phenoxy) is 2. The summed E-state index contributed by atoms with van der Waals surface area (Å²) in [4.78, 5) is 24.3. The first-order valence-electron chi connectivity index (χ1n) is 8.88. The van der Waals surface area contributed by atoms with Gasteiger partial charge in [-0.05, 0) is 48.5 Å². The summed E-state index contributed by atoms with van der Waals surface area (Å²) < 4.78 is 36.6. The molecule has 0 aliphatic rings. The van der Waals surface area contributed by atoms with E-state index in [1.165, 1.54) is 13.2 Å². The van der Waals surface area contributed by atoms with Gasteiger partial charge in [0.2, 0.25) is 0 Å². The highest BCUT2D eigenvalue weighted by Crippen LogP contribution is 2.21. The standard InChI is InChI=1S/C22H18F2N2O4/c1-29-20-5-3-2-4-17(20)22(28)26-14-6-9-16(10-7-14)30-13-21(27)25-15-8-11-18(23)19(24)12-15/h2-12H,13H2,1H3,(H,25,27)(H,26,28). The van der Waals surface area contributed by atoms with Crippen LogP contribution in [0, 0.1) is 11.6 Å². The number of hydrogen-bond acceptors (Lipinski definition) is 4. The first-order chi connectivity index (χ1) is 14.5. The lowest BCUT2D eigenvalue weighted by atomic mass is 10.2. The van der Waals surface area contributed by atoms with Gasteiger partial charge in [-0.25, -0.2) is 8.78 Å². The Balaban J connectivity index is 1.53. The third-order valence-corrected chi connectivity index (χ3v) is 4.04. The molecule has 0 heterocycles. The molecule has 0 bridgehead atoms. The van der Waals surface area contributed by atoms with Crippen molar-refractivity contribution in [2.75, 3.05) is 24.4 Å². The number of hydrogen-bond donors (Lipinski definition) is 2. The van der Waals surface area contributed by atoms with E-state index in [1.54, 1.807) is 48.5 Å². The summed E-state index contributed by atoms with van der Waals surface area (Å²) in [5.41, 5.74) is 1.05. The van der Waals surface area contributed by atoms with E-state index in [4.69, 9.17) is 9.47 Å². The van der Waals surface area contributed by atoms with Crippen LogP contribution in [-0.2, 0) is 4.79 Å². The van der Waals surface area contributed by atoms with E-state index in [1.807, 2.05) is 0 Å². The van der Waals surface area contributed by atoms with E-state index in [0.717, 1.165) is 12.1 Å². The van der Waals surface area contributed by atoms with Gasteiger partial charge in [0, 0.05) is 17.4 Å². The fourth-order valence-electron chi connectivity index (χ4n) is 2.58. The first kappa shape index (κ1) is 20.8. The second kappa shape index (κ2) is 9.51. The largest absolute Gasteiger partial charge is 0.496 e. The van der Waals surface area contributed by atoms with Crippen molar-refractivity contribution in [3.63, 3.8) is 0 Å². The molecule has 0 aromatic heterocycles. The van der Waals surface area contributed by atoms with Crippen LogP contribution in [0.4, 0.5) is 20.2 Å². The number of methoxy groups -OCH3 is 1. The molecule has 3 aromatic carbocycles. The van der Waals surface area contributed by atoms with Crippen molar-refractivity contribution >= 4 is 23.2 Å². The third-order valence-electron chi connectivity index (χ3n) is 4.04. The predicted octanol–water partition coefficient (Wildman–Crippen LogP) is 4.24. The summed E-state index contributed by atoms with van der Waals surface area (Å²) in [7, 11) is 1.49. The fourth-order valence-corrected chi connectivity index (χ4v) is 2.58. The zero-order valence-corrected chi connectivity index (χ0v) is 15.9. The number of carbonyl (C=O) groups is 2. The van der Waals surface area contributed by atoms with Gasteiger partial charge in [-0.1, -0.05) is 12.1 Å². The monoisotopic (exact) mass is 412 g/mol. The fraction of sp³-hybridized carbons (Fsp3) is 0.0909. The van der Waals surface area contributed by atoms with E-state index in [0.29, 0.717) is 22.7 Å². The van der Waals surface area contributed by atoms with Gasteiger partial charge in [0.05, 0.1) is 12.7 Å². The van der Waals surface area contributed by atoms with Crippen LogP contribution < -0.4 is 20.1 Å². The SMILES string of the molecule is COc1ccccc1C(=O)Nc1ccc(OCC(=O)Nc2ccc(F)c(F)c2)cc1. The van der Waals surface area contributed by atoms with Gasteiger partial charge in [-0.15, -0.1) is 0 Å². The van der Waals surface area contributed by atoms with Crippen LogP contribution in [0.2, 0.25) is 0 Å². The Bertz CT molecular complexity index is 1060. The molecule has 3 rings (SSSR count). The van der Waals surface area contributed by atoms with Crippen LogP contribution in [0.1, 0.15) is 10.4 Å². The van der Waals surface area contributed by atoms with E-state index < -0.39 is 17.5 Å². The van der Waals surface area contributed by atoms with Gasteiger partial charge < -0.3 is 20.1 Å². The van der Waals surface area contributed by atoms with Gasteiger partial charge in [-0.3, -0.25) is 9.59 Å². The van der Waals surface area contributed by atoms with Crippen molar-refractivity contribution in [3.05, 3.63) is 83.9 Å². The van der Waals surface area contributed by atoms with Gasteiger partial charge in [0.1, 0.15) is 11.5 Å². The highest BCUT2D eigenvalue weighted by atomic mass is 19.2. The second-order valence-corrected chi connectivity index (χ2v) is 6.14. The molecular formula is C22H18F2N2O4. The summed E-state index contributed by atoms with van der Waals surface area (Å²) in [5, 5.41) is 5.15. The molecule has 0 saturated heterocycles. The van der Waals surface area contributed by atoms with Crippen LogP contribution in [0.3, 0.4) is 0 Å². The lowest BCUT2D eigenvalue weighted by Crippen LogP contribution is -2.20. The number of benzene rings is 3. The molecular weight excluding hydrogens is 394 g/mol. The maximum absolute atomic E-state index is 13.2. The summed E-state index contributed by atoms with van der Waals surface area (Å²) in [6.45, 7) is -0.327. The number of para-hydroxylation sites is 1. The number of anilines is 2. The lowest BCUT2D eigenvalue weighted by Gasteiger charge is -2.10. The topological polar surface area (TPSA) is 76.7 Å². The summed E-state index contributed by atoms with van der Waals surface area (Å²) in [6.07, 6.45) is 0. The van der Waals surface area contributed by atoms with E-state index in [2.05, 4.69) is 10.6 Å². The third kappa shape index (κ3) is 5.32. The molecule has 0 fully saturated rings. The summed E-state index contributed by atoms with van der Waals surface area (Å²) in [6, 6.07) is 16.3. The number of carbonyl (C=O) groups excluding carboxylic acids is 2. The molecule has 0 spiro atoms. The minimum atomic E-state index is -1.06. The quantitative estimate of drug-likeness (QED) is 0.609. The molecule has 0 unspecified atom stereocenters. The Morgan fingerprint density at radius 2 is 1.57 bits per heavy atom. The minimum Gasteiger partial charge on any atom is -0.496 e. The van der Waals surface area contributed by atoms with Crippen molar-refractivity contribution in [2.24, 2.45) is 0 Å². The maximum Gasteiger partial charge on any atom is 0.262 e. The van der Waals surface area contributed by atoms with E-state index >= 15 is 0 Å². The molecule has 0 aliphatic heterocycles. The average Bonchev–Trinajstić information content (AvgIpc) is 2.75. The summed E-state index contributed by atoms with van der Waals surface area (Å²) in [5.74, 6) is -2.06. The van der Waals surface area contributed by atoms with Crippen molar-refractivity contribution in [1.29, 1.82) is 0 Å². The Morgan fingerprint density at radius 1 is 0.867 bits per heavy atom. The van der Waals surface area contributed by atoms with Crippen LogP contribution in [-0.4, -0.2) is 25.5 Å². The molecule has 8 heteroatoms. The highest BCUT2D eigenvalue weighted by Gasteiger charge is 2.12. The first-order valence-corrected chi connectivity index (χ1v) is 8.88. The molecule has 0 atom stereocenters. The molecule has 0 aliphatic carbocycles. The predicted molar refractivity (Wildman–Crippen MR) is 108 cm³/mol. The van der Waals surface area contributed by atoms with Crippen molar-refractivity contribution in [2.45, 2.75) is 0 Å². The molecule has 0 radical (unpaired) electrons. The zero-order valence-electron chi connectivity index (χ0n) is 15.9. The molecule has 3 aromatic rings. The maximum atomic E-state index is 13.2. The number of rotatable bonds is 7. The van der Waals surface area contributed by atoms with Crippen LogP contribution >= 0.6 is 0 Å². The van der Waals surface area contributed by atoms with Crippen molar-refractivity contribution in [3.8, 4) is 11.5 Å². The van der Waals surface area contributed by atoms with Crippen LogP contribution in [0.15, 0.2) is 66.7 Å². The Morgan fingerprint density at radius 3 is 2.27 bits per heavy atom. The number of amides is 2. The Labute approximate surface area is 171 Å². The van der Waals surface area contributed by atoms with Gasteiger partial charge >= 0.3 is 0 Å². The lowest BCUT2D eigenvalue weighted by molar-refractivity contribution is -0.118. The van der Waals surface area contributed by atoms with Crippen LogP contribution in [0.5, 0.6) is 11.5 Å². The van der Waals surface area contributed by atoms with Gasteiger partial charge in [-0.2, -0.15) is 0 Å². The van der Waals surface area contributed by atoms with Crippen molar-refractivity contribution < 1.29 is 27.8 Å². The van der Waals surface area contributed by atoms with Crippen LogP contribution in [0.25, 0.3) is 0 Å². The molecule has 6 nitrogen and oxygen atoms in total. The normalized spacial score (nSPS) is 10.2. The van der Waals surface area contributed by atoms with Gasteiger partial charge in [0.25, 0.3) is 11.8 Å². The summed E-state index contributed by atoms with van der Waals surface area (Å²) >= 11 is 0. The average molecular weight is 412 g/mol. The second-order valence-electron chi connectivity index (χ2n) is 6.14. The van der Waals surface area contributed by atoms with Crippen molar-refractivity contribution in [1.82, 2.24) is 0 Å². The zero-order chi connectivity index (χ0) is 21.5. The molecule has 0 saturated carbocycles. The molecule has 154 valence electrons. The van der Waals surface area contributed by atoms with E-state index in [-0.39, 0.29) is 18.2 Å².